The van der Waals surface area contributed by atoms with E-state index in [1.807, 2.05) is 19.2 Å². The first-order chi connectivity index (χ1) is 13.0. The predicted octanol–water partition coefficient (Wildman–Crippen LogP) is 1.83. The lowest BCUT2D eigenvalue weighted by molar-refractivity contribution is -0.138. The molecular weight excluding hydrogens is 344 g/mol. The molecule has 146 valence electrons. The highest BCUT2D eigenvalue weighted by Gasteiger charge is 2.41. The van der Waals surface area contributed by atoms with E-state index in [9.17, 15) is 14.4 Å². The Morgan fingerprint density at radius 1 is 1.41 bits per heavy atom. The fourth-order valence-electron chi connectivity index (χ4n) is 4.39. The smallest absolute Gasteiger partial charge is 0.324 e. The second-order valence-electron chi connectivity index (χ2n) is 7.58. The van der Waals surface area contributed by atoms with E-state index in [-0.39, 0.29) is 23.8 Å². The van der Waals surface area contributed by atoms with Crippen LogP contribution in [0.5, 0.6) is 0 Å². The molecule has 0 bridgehead atoms. The topological polar surface area (TPSA) is 82.6 Å². The number of aromatic nitrogens is 1. The number of carbonyl (C=O) groups is 3. The Labute approximate surface area is 160 Å². The first-order valence-electron chi connectivity index (χ1n) is 9.69. The van der Waals surface area contributed by atoms with Crippen LogP contribution in [0.15, 0.2) is 24.5 Å². The normalized spacial score (nSPS) is 25.6. The second kappa shape index (κ2) is 8.61. The average molecular weight is 372 g/mol. The molecule has 0 aromatic carbocycles. The number of carbonyl (C=O) groups excluding carboxylic acids is 3. The van der Waals surface area contributed by atoms with Gasteiger partial charge in [0.05, 0.1) is 5.92 Å². The molecule has 1 N–H and O–H groups in total. The molecule has 27 heavy (non-hydrogen) atoms. The Morgan fingerprint density at radius 2 is 2.22 bits per heavy atom. The van der Waals surface area contributed by atoms with E-state index in [1.165, 1.54) is 4.90 Å². The quantitative estimate of drug-likeness (QED) is 0.872. The summed E-state index contributed by atoms with van der Waals surface area (Å²) in [5, 5.41) is 2.80. The van der Waals surface area contributed by atoms with Crippen LogP contribution >= 0.6 is 0 Å². The van der Waals surface area contributed by atoms with Crippen molar-refractivity contribution in [1.29, 1.82) is 0 Å². The number of pyridine rings is 1. The first kappa shape index (κ1) is 19.5. The molecule has 3 amide bonds. The number of likely N-dealkylation sites (tertiary alicyclic amines) is 1. The zero-order valence-electron chi connectivity index (χ0n) is 16.1. The average Bonchev–Trinajstić information content (AvgIpc) is 2.67. The van der Waals surface area contributed by atoms with Gasteiger partial charge in [0.15, 0.2) is 0 Å². The Balaban J connectivity index is 1.61. The highest BCUT2D eigenvalue weighted by Crippen LogP contribution is 2.36. The van der Waals surface area contributed by atoms with E-state index < -0.39 is 0 Å². The van der Waals surface area contributed by atoms with E-state index in [1.54, 1.807) is 19.3 Å². The maximum Gasteiger partial charge on any atom is 0.324 e. The largest absolute Gasteiger partial charge is 0.333 e. The summed E-state index contributed by atoms with van der Waals surface area (Å²) in [6, 6.07) is 3.68. The molecule has 3 rings (SSSR count). The minimum absolute atomic E-state index is 0.149. The summed E-state index contributed by atoms with van der Waals surface area (Å²) in [4.78, 5) is 44.9. The first-order valence-corrected chi connectivity index (χ1v) is 9.69. The van der Waals surface area contributed by atoms with Gasteiger partial charge >= 0.3 is 6.03 Å². The third-order valence-corrected chi connectivity index (χ3v) is 5.76. The molecule has 2 aliphatic rings. The van der Waals surface area contributed by atoms with Crippen LogP contribution in [0.4, 0.5) is 4.79 Å². The Morgan fingerprint density at radius 3 is 2.93 bits per heavy atom. The third kappa shape index (κ3) is 4.53. The number of hydrogen-bond acceptors (Lipinski definition) is 5. The molecule has 0 unspecified atom stereocenters. The Bertz CT molecular complexity index is 694. The van der Waals surface area contributed by atoms with Gasteiger partial charge in [-0.2, -0.15) is 0 Å². The number of piperidine rings is 1. The van der Waals surface area contributed by atoms with Crippen molar-refractivity contribution in [2.75, 3.05) is 20.1 Å². The van der Waals surface area contributed by atoms with Crippen LogP contribution in [0.25, 0.3) is 0 Å². The minimum atomic E-state index is -0.379. The molecule has 3 atom stereocenters. The maximum absolute atomic E-state index is 13.0. The number of amides is 3. The lowest BCUT2D eigenvalue weighted by Crippen LogP contribution is -2.54. The third-order valence-electron chi connectivity index (χ3n) is 5.76. The summed E-state index contributed by atoms with van der Waals surface area (Å²) in [7, 11) is 2.02. The van der Waals surface area contributed by atoms with Crippen molar-refractivity contribution in [2.24, 2.45) is 11.8 Å². The van der Waals surface area contributed by atoms with Crippen molar-refractivity contribution in [3.8, 4) is 0 Å². The van der Waals surface area contributed by atoms with Crippen LogP contribution in [0.2, 0.25) is 0 Å². The summed E-state index contributed by atoms with van der Waals surface area (Å²) < 4.78 is 0. The lowest BCUT2D eigenvalue weighted by Gasteiger charge is -2.45. The number of nitrogens with zero attached hydrogens (tertiary/aromatic N) is 3. The van der Waals surface area contributed by atoms with Gasteiger partial charge in [0.2, 0.25) is 5.91 Å². The highest BCUT2D eigenvalue weighted by molar-refractivity contribution is 5.95. The van der Waals surface area contributed by atoms with Crippen LogP contribution in [0.3, 0.4) is 0 Å². The number of imide groups is 1. The highest BCUT2D eigenvalue weighted by atomic mass is 16.2. The molecule has 7 heteroatoms. The molecular formula is C20H28N4O3. The van der Waals surface area contributed by atoms with Crippen molar-refractivity contribution in [3.63, 3.8) is 0 Å². The Kier molecular flexibility index (Phi) is 6.21. The summed E-state index contributed by atoms with van der Waals surface area (Å²) >= 11 is 0. The fraction of sp³-hybridized carbons (Fsp3) is 0.600. The van der Waals surface area contributed by atoms with Crippen molar-refractivity contribution >= 4 is 17.7 Å². The number of rotatable bonds is 4. The molecule has 0 radical (unpaired) electrons. The van der Waals surface area contributed by atoms with Crippen LogP contribution < -0.4 is 5.32 Å². The number of Topliss-reactive ketones (excluding diaryl/α,β-unsaturated/α-hetero) is 1. The molecule has 1 aliphatic carbocycles. The van der Waals surface area contributed by atoms with Crippen molar-refractivity contribution in [3.05, 3.63) is 30.1 Å². The number of fused-ring (bicyclic) bond motifs is 1. The SMILES string of the molecule is CCN(C(=O)NCc1cccnc1)C(=O)[C@@H]1C[C@@H]2CC(=O)CC[C@H]2N(C)C1. The summed E-state index contributed by atoms with van der Waals surface area (Å²) in [5.74, 6) is 0.117. The molecule has 1 aromatic heterocycles. The monoisotopic (exact) mass is 372 g/mol. The molecule has 7 nitrogen and oxygen atoms in total. The van der Waals surface area contributed by atoms with E-state index in [4.69, 9.17) is 0 Å². The second-order valence-corrected chi connectivity index (χ2v) is 7.58. The lowest BCUT2D eigenvalue weighted by atomic mass is 9.74. The van der Waals surface area contributed by atoms with Crippen LogP contribution in [-0.2, 0) is 16.1 Å². The van der Waals surface area contributed by atoms with Gasteiger partial charge in [-0.05, 0) is 44.4 Å². The fourth-order valence-corrected chi connectivity index (χ4v) is 4.39. The van der Waals surface area contributed by atoms with Gasteiger partial charge in [-0.25, -0.2) is 4.79 Å². The molecule has 1 aliphatic heterocycles. The van der Waals surface area contributed by atoms with Crippen LogP contribution in [0.1, 0.15) is 38.2 Å². The van der Waals surface area contributed by atoms with Gasteiger partial charge in [0.1, 0.15) is 5.78 Å². The van der Waals surface area contributed by atoms with Crippen molar-refractivity contribution in [2.45, 2.75) is 45.2 Å². The molecule has 1 saturated carbocycles. The van der Waals surface area contributed by atoms with Gasteiger partial charge in [0.25, 0.3) is 0 Å². The summed E-state index contributed by atoms with van der Waals surface area (Å²) in [6.07, 6.45) is 6.13. The van der Waals surface area contributed by atoms with Crippen molar-refractivity contribution < 1.29 is 14.4 Å². The molecule has 2 heterocycles. The number of hydrogen-bond donors (Lipinski definition) is 1. The minimum Gasteiger partial charge on any atom is -0.333 e. The van der Waals surface area contributed by atoms with Gasteiger partial charge in [-0.15, -0.1) is 0 Å². The predicted molar refractivity (Wildman–Crippen MR) is 101 cm³/mol. The Hall–Kier alpha value is -2.28. The van der Waals surface area contributed by atoms with Crippen LogP contribution in [0, 0.1) is 11.8 Å². The van der Waals surface area contributed by atoms with Gasteiger partial charge in [0, 0.05) is 50.9 Å². The number of nitrogens with one attached hydrogen (secondary N) is 1. The number of urea groups is 1. The standard InChI is InChI=1S/C20H28N4O3/c1-3-24(20(27)22-12-14-5-4-8-21-11-14)19(26)16-9-15-10-17(25)6-7-18(15)23(2)13-16/h4-5,8,11,15-16,18H,3,6-7,9-10,12-13H2,1-2H3,(H,22,27)/t15-,16-,18-/m1/s1. The van der Waals surface area contributed by atoms with Crippen LogP contribution in [-0.4, -0.2) is 58.7 Å². The van der Waals surface area contributed by atoms with E-state index in [0.717, 1.165) is 12.0 Å². The zero-order chi connectivity index (χ0) is 19.4. The summed E-state index contributed by atoms with van der Waals surface area (Å²) in [6.45, 7) is 3.10. The molecule has 2 fully saturated rings. The number of ketones is 1. The van der Waals surface area contributed by atoms with Gasteiger partial charge in [-0.1, -0.05) is 6.07 Å². The molecule has 0 spiro atoms. The van der Waals surface area contributed by atoms with Gasteiger partial charge < -0.3 is 10.2 Å². The van der Waals surface area contributed by atoms with Crippen molar-refractivity contribution in [1.82, 2.24) is 20.1 Å². The zero-order valence-corrected chi connectivity index (χ0v) is 16.1. The van der Waals surface area contributed by atoms with Gasteiger partial charge in [-0.3, -0.25) is 19.5 Å². The van der Waals surface area contributed by atoms with E-state index in [2.05, 4.69) is 15.2 Å². The molecule has 1 aromatic rings. The van der Waals surface area contributed by atoms with E-state index >= 15 is 0 Å². The summed E-state index contributed by atoms with van der Waals surface area (Å²) in [5.41, 5.74) is 0.885. The molecule has 1 saturated heterocycles. The maximum atomic E-state index is 13.0. The van der Waals surface area contributed by atoms with E-state index in [0.29, 0.717) is 50.7 Å².